The fourth-order valence-corrected chi connectivity index (χ4v) is 3.68. The molecule has 136 valence electrons. The van der Waals surface area contributed by atoms with Crippen molar-refractivity contribution in [3.63, 3.8) is 0 Å². The van der Waals surface area contributed by atoms with Gasteiger partial charge in [-0.2, -0.15) is 0 Å². The van der Waals surface area contributed by atoms with E-state index < -0.39 is 0 Å². The molecular weight excluding hydrogens is 326 g/mol. The fraction of sp³-hybridized carbons (Fsp3) is 0.381. The Balaban J connectivity index is 1.55. The van der Waals surface area contributed by atoms with Crippen molar-refractivity contribution >= 4 is 21.8 Å². The minimum atomic E-state index is 0.0678. The Morgan fingerprint density at radius 3 is 2.46 bits per heavy atom. The Morgan fingerprint density at radius 2 is 1.65 bits per heavy atom. The molecule has 1 saturated heterocycles. The Hall–Kier alpha value is -2.37. The molecule has 0 amide bonds. The lowest BCUT2D eigenvalue weighted by molar-refractivity contribution is 0.134. The minimum absolute atomic E-state index is 0.0678. The van der Waals surface area contributed by atoms with E-state index in [1.54, 1.807) is 0 Å². The highest BCUT2D eigenvalue weighted by Crippen LogP contribution is 2.22. The first-order chi connectivity index (χ1) is 12.6. The first-order valence-corrected chi connectivity index (χ1v) is 9.19. The molecule has 1 fully saturated rings. The van der Waals surface area contributed by atoms with Gasteiger partial charge in [0.05, 0.1) is 11.0 Å². The Morgan fingerprint density at radius 1 is 0.923 bits per heavy atom. The van der Waals surface area contributed by atoms with E-state index in [0.29, 0.717) is 12.0 Å². The third kappa shape index (κ3) is 3.20. The van der Waals surface area contributed by atoms with Crippen molar-refractivity contribution in [3.05, 3.63) is 52.7 Å². The average molecular weight is 351 g/mol. The van der Waals surface area contributed by atoms with Gasteiger partial charge in [0.1, 0.15) is 12.4 Å². The zero-order valence-electron chi connectivity index (χ0n) is 15.4. The van der Waals surface area contributed by atoms with Crippen molar-refractivity contribution in [2.45, 2.75) is 0 Å². The fourth-order valence-electron chi connectivity index (χ4n) is 3.68. The zero-order chi connectivity index (χ0) is 18.1. The average Bonchev–Trinajstić information content (AvgIpc) is 2.67. The van der Waals surface area contributed by atoms with E-state index in [0.717, 1.165) is 54.9 Å². The lowest BCUT2D eigenvalue weighted by Crippen LogP contribution is -2.45. The summed E-state index contributed by atoms with van der Waals surface area (Å²) in [4.78, 5) is 17.6. The third-order valence-electron chi connectivity index (χ3n) is 5.36. The van der Waals surface area contributed by atoms with Crippen molar-refractivity contribution in [1.29, 1.82) is 0 Å². The summed E-state index contributed by atoms with van der Waals surface area (Å²) < 4.78 is 8.02. The van der Waals surface area contributed by atoms with E-state index in [2.05, 4.69) is 21.4 Å². The maximum absolute atomic E-state index is 12.9. The van der Waals surface area contributed by atoms with Crippen LogP contribution in [-0.2, 0) is 7.05 Å². The smallest absolute Gasteiger partial charge is 0.197 e. The second-order valence-electron chi connectivity index (χ2n) is 7.08. The first-order valence-electron chi connectivity index (χ1n) is 9.19. The number of hydrogen-bond acceptors (Lipinski definition) is 4. The van der Waals surface area contributed by atoms with Crippen molar-refractivity contribution in [1.82, 2.24) is 14.4 Å². The number of para-hydroxylation sites is 1. The Kier molecular flexibility index (Phi) is 4.66. The largest absolute Gasteiger partial charge is 0.492 e. The highest BCUT2D eigenvalue weighted by molar-refractivity contribution is 5.93. The molecule has 0 spiro atoms. The summed E-state index contributed by atoms with van der Waals surface area (Å²) in [7, 11) is 4.16. The van der Waals surface area contributed by atoms with Crippen LogP contribution in [0.4, 0.5) is 0 Å². The van der Waals surface area contributed by atoms with Crippen molar-refractivity contribution in [2.75, 3.05) is 46.4 Å². The number of piperazine rings is 1. The molecule has 0 bridgehead atoms. The molecule has 1 aliphatic rings. The standard InChI is InChI=1S/C21H25N3O2/c1-22-9-11-24(12-10-22)13-14-26-16-7-8-20-18(15-16)21(25)17-5-3-4-6-19(17)23(20)2/h3-8,15H,9-14H2,1-2H3. The van der Waals surface area contributed by atoms with Crippen LogP contribution in [0.1, 0.15) is 0 Å². The summed E-state index contributed by atoms with van der Waals surface area (Å²) in [6, 6.07) is 13.6. The van der Waals surface area contributed by atoms with Gasteiger partial charge in [-0.3, -0.25) is 9.69 Å². The molecule has 2 heterocycles. The van der Waals surface area contributed by atoms with E-state index in [9.17, 15) is 4.79 Å². The highest BCUT2D eigenvalue weighted by atomic mass is 16.5. The van der Waals surface area contributed by atoms with E-state index in [-0.39, 0.29) is 5.43 Å². The molecule has 0 unspecified atom stereocenters. The van der Waals surface area contributed by atoms with Gasteiger partial charge in [0.2, 0.25) is 0 Å². The molecule has 0 saturated carbocycles. The number of aromatic nitrogens is 1. The van der Waals surface area contributed by atoms with Crippen LogP contribution in [0.15, 0.2) is 47.3 Å². The molecule has 0 aliphatic carbocycles. The summed E-state index contributed by atoms with van der Waals surface area (Å²) in [6.07, 6.45) is 0. The molecular formula is C21H25N3O2. The van der Waals surface area contributed by atoms with Crippen molar-refractivity contribution in [3.8, 4) is 5.75 Å². The van der Waals surface area contributed by atoms with Gasteiger partial charge in [0.25, 0.3) is 0 Å². The van der Waals surface area contributed by atoms with Crippen LogP contribution >= 0.6 is 0 Å². The van der Waals surface area contributed by atoms with Crippen LogP contribution in [-0.4, -0.2) is 60.7 Å². The van der Waals surface area contributed by atoms with Crippen LogP contribution in [0.25, 0.3) is 21.8 Å². The zero-order valence-corrected chi connectivity index (χ0v) is 15.4. The van der Waals surface area contributed by atoms with Gasteiger partial charge in [-0.25, -0.2) is 0 Å². The molecule has 0 atom stereocenters. The summed E-state index contributed by atoms with van der Waals surface area (Å²) in [5, 5.41) is 1.46. The quantitative estimate of drug-likeness (QED) is 0.676. The Bertz CT molecular complexity index is 988. The lowest BCUT2D eigenvalue weighted by Gasteiger charge is -2.32. The SMILES string of the molecule is CN1CCN(CCOc2ccc3c(c2)c(=O)c2ccccc2n3C)CC1. The maximum Gasteiger partial charge on any atom is 0.197 e. The number of fused-ring (bicyclic) bond motifs is 2. The van der Waals surface area contributed by atoms with Gasteiger partial charge in [0.15, 0.2) is 5.43 Å². The molecule has 4 rings (SSSR count). The van der Waals surface area contributed by atoms with Gasteiger partial charge in [-0.05, 0) is 37.4 Å². The molecule has 0 N–H and O–H groups in total. The number of ether oxygens (including phenoxy) is 1. The predicted octanol–water partition coefficient (Wildman–Crippen LogP) is 2.32. The maximum atomic E-state index is 12.9. The molecule has 2 aromatic carbocycles. The molecule has 26 heavy (non-hydrogen) atoms. The third-order valence-corrected chi connectivity index (χ3v) is 5.36. The van der Waals surface area contributed by atoms with Gasteiger partial charge in [-0.1, -0.05) is 12.1 Å². The molecule has 0 radical (unpaired) electrons. The van der Waals surface area contributed by atoms with Crippen LogP contribution in [0.5, 0.6) is 5.75 Å². The summed E-state index contributed by atoms with van der Waals surface area (Å²) in [6.45, 7) is 5.96. The number of aryl methyl sites for hydroxylation is 1. The molecule has 5 heteroatoms. The van der Waals surface area contributed by atoms with Crippen LogP contribution < -0.4 is 10.2 Å². The molecule has 5 nitrogen and oxygen atoms in total. The second kappa shape index (κ2) is 7.09. The molecule has 3 aromatic rings. The minimum Gasteiger partial charge on any atom is -0.492 e. The van der Waals surface area contributed by atoms with Crippen LogP contribution in [0.2, 0.25) is 0 Å². The van der Waals surface area contributed by atoms with Crippen LogP contribution in [0.3, 0.4) is 0 Å². The number of nitrogens with zero attached hydrogens (tertiary/aromatic N) is 3. The van der Waals surface area contributed by atoms with Gasteiger partial charge < -0.3 is 14.2 Å². The Labute approximate surface area is 153 Å². The summed E-state index contributed by atoms with van der Waals surface area (Å²) in [5.41, 5.74) is 1.95. The van der Waals surface area contributed by atoms with E-state index in [1.165, 1.54) is 0 Å². The first kappa shape index (κ1) is 17.1. The normalized spacial score (nSPS) is 16.4. The monoisotopic (exact) mass is 351 g/mol. The molecule has 1 aromatic heterocycles. The predicted molar refractivity (Wildman–Crippen MR) is 106 cm³/mol. The van der Waals surface area contributed by atoms with Gasteiger partial charge >= 0.3 is 0 Å². The topological polar surface area (TPSA) is 37.7 Å². The second-order valence-corrected chi connectivity index (χ2v) is 7.08. The number of hydrogen-bond donors (Lipinski definition) is 0. The lowest BCUT2D eigenvalue weighted by atomic mass is 10.1. The van der Waals surface area contributed by atoms with Gasteiger partial charge in [-0.15, -0.1) is 0 Å². The summed E-state index contributed by atoms with van der Waals surface area (Å²) >= 11 is 0. The van der Waals surface area contributed by atoms with Crippen molar-refractivity contribution in [2.24, 2.45) is 7.05 Å². The number of benzene rings is 2. The van der Waals surface area contributed by atoms with Crippen LogP contribution in [0, 0.1) is 0 Å². The number of likely N-dealkylation sites (N-methyl/N-ethyl adjacent to an activating group) is 1. The van der Waals surface area contributed by atoms with E-state index in [4.69, 9.17) is 4.74 Å². The highest BCUT2D eigenvalue weighted by Gasteiger charge is 2.13. The molecule has 1 aliphatic heterocycles. The van der Waals surface area contributed by atoms with E-state index in [1.807, 2.05) is 49.5 Å². The summed E-state index contributed by atoms with van der Waals surface area (Å²) in [5.74, 6) is 0.763. The number of pyridine rings is 1. The number of rotatable bonds is 4. The van der Waals surface area contributed by atoms with E-state index >= 15 is 0 Å². The van der Waals surface area contributed by atoms with Crippen molar-refractivity contribution < 1.29 is 4.74 Å². The van der Waals surface area contributed by atoms with Gasteiger partial charge in [0, 0.05) is 50.5 Å².